The van der Waals surface area contributed by atoms with E-state index in [1.165, 1.54) is 69.8 Å². The molecule has 0 radical (unpaired) electrons. The number of hydrogen-bond donors (Lipinski definition) is 0. The number of benzene rings is 1. The first-order valence-corrected chi connectivity index (χ1v) is 13.1. The Morgan fingerprint density at radius 1 is 0.871 bits per heavy atom. The third-order valence-corrected chi connectivity index (χ3v) is 7.74. The Bertz CT molecular complexity index is 637. The van der Waals surface area contributed by atoms with Gasteiger partial charge in [-0.2, -0.15) is 0 Å². The van der Waals surface area contributed by atoms with Gasteiger partial charge in [-0.15, -0.1) is 0 Å². The van der Waals surface area contributed by atoms with Crippen molar-refractivity contribution in [2.24, 2.45) is 11.8 Å². The van der Waals surface area contributed by atoms with Crippen LogP contribution in [-0.4, -0.2) is 11.8 Å². The van der Waals surface area contributed by atoms with Crippen LogP contribution in [0.25, 0.3) is 0 Å². The SMILES string of the molecule is CCCCCc1ccc(OC(=O)OC2(CCCC)CCC(C3CCCCC3)CC2)cc1. The zero-order valence-electron chi connectivity index (χ0n) is 20.0. The molecule has 3 nitrogen and oxygen atoms in total. The van der Waals surface area contributed by atoms with Crippen LogP contribution in [0, 0.1) is 11.8 Å². The van der Waals surface area contributed by atoms with Crippen molar-refractivity contribution >= 4 is 6.16 Å². The van der Waals surface area contributed by atoms with Crippen molar-refractivity contribution < 1.29 is 14.3 Å². The molecule has 3 rings (SSSR count). The second kappa shape index (κ2) is 12.5. The van der Waals surface area contributed by atoms with Crippen LogP contribution in [0.1, 0.15) is 116 Å². The summed E-state index contributed by atoms with van der Waals surface area (Å²) in [6.07, 6.45) is 18.9. The fourth-order valence-corrected chi connectivity index (χ4v) is 5.74. The molecule has 0 saturated heterocycles. The summed E-state index contributed by atoms with van der Waals surface area (Å²) in [5.41, 5.74) is 0.979. The fraction of sp³-hybridized carbons (Fsp3) is 0.750. The molecule has 1 aromatic rings. The first kappa shape index (κ1) is 24.1. The minimum absolute atomic E-state index is 0.321. The van der Waals surface area contributed by atoms with E-state index in [2.05, 4.69) is 26.0 Å². The average Bonchev–Trinajstić information content (AvgIpc) is 2.80. The highest BCUT2D eigenvalue weighted by Crippen LogP contribution is 2.44. The topological polar surface area (TPSA) is 35.5 Å². The van der Waals surface area contributed by atoms with Crippen molar-refractivity contribution in [3.8, 4) is 5.75 Å². The number of ether oxygens (including phenoxy) is 2. The van der Waals surface area contributed by atoms with Crippen LogP contribution in [-0.2, 0) is 11.2 Å². The first-order chi connectivity index (χ1) is 15.1. The highest BCUT2D eigenvalue weighted by Gasteiger charge is 2.40. The third kappa shape index (κ3) is 7.54. The number of hydrogen-bond acceptors (Lipinski definition) is 3. The lowest BCUT2D eigenvalue weighted by Gasteiger charge is -2.42. The van der Waals surface area contributed by atoms with Crippen molar-refractivity contribution in [1.29, 1.82) is 0 Å². The van der Waals surface area contributed by atoms with E-state index >= 15 is 0 Å². The van der Waals surface area contributed by atoms with Crippen LogP contribution >= 0.6 is 0 Å². The van der Waals surface area contributed by atoms with E-state index in [4.69, 9.17) is 9.47 Å². The molecule has 2 fully saturated rings. The lowest BCUT2D eigenvalue weighted by atomic mass is 9.68. The maximum Gasteiger partial charge on any atom is 0.514 e. The minimum Gasteiger partial charge on any atom is -0.427 e. The van der Waals surface area contributed by atoms with E-state index in [9.17, 15) is 4.79 Å². The number of carbonyl (C=O) groups is 1. The molecule has 2 saturated carbocycles. The number of carbonyl (C=O) groups excluding carboxylic acids is 1. The number of unbranched alkanes of at least 4 members (excludes halogenated alkanes) is 3. The van der Waals surface area contributed by atoms with Gasteiger partial charge in [0, 0.05) is 0 Å². The van der Waals surface area contributed by atoms with Crippen LogP contribution in [0.4, 0.5) is 4.79 Å². The molecule has 2 aliphatic rings. The molecule has 0 spiro atoms. The van der Waals surface area contributed by atoms with Gasteiger partial charge >= 0.3 is 6.16 Å². The van der Waals surface area contributed by atoms with Crippen LogP contribution in [0.15, 0.2) is 24.3 Å². The summed E-state index contributed by atoms with van der Waals surface area (Å²) in [4.78, 5) is 12.7. The van der Waals surface area contributed by atoms with Gasteiger partial charge in [-0.05, 0) is 80.9 Å². The molecule has 2 aliphatic carbocycles. The highest BCUT2D eigenvalue weighted by molar-refractivity contribution is 5.64. The van der Waals surface area contributed by atoms with Crippen molar-refractivity contribution in [2.45, 2.75) is 122 Å². The normalized spacial score (nSPS) is 24.6. The summed E-state index contributed by atoms with van der Waals surface area (Å²) < 4.78 is 11.7. The first-order valence-electron chi connectivity index (χ1n) is 13.1. The smallest absolute Gasteiger partial charge is 0.427 e. The fourth-order valence-electron chi connectivity index (χ4n) is 5.74. The predicted molar refractivity (Wildman–Crippen MR) is 128 cm³/mol. The van der Waals surface area contributed by atoms with Crippen molar-refractivity contribution in [2.75, 3.05) is 0 Å². The van der Waals surface area contributed by atoms with Gasteiger partial charge < -0.3 is 9.47 Å². The summed E-state index contributed by atoms with van der Waals surface area (Å²) >= 11 is 0. The molecule has 0 aliphatic heterocycles. The van der Waals surface area contributed by atoms with E-state index < -0.39 is 6.16 Å². The van der Waals surface area contributed by atoms with Gasteiger partial charge in [0.2, 0.25) is 0 Å². The van der Waals surface area contributed by atoms with Crippen molar-refractivity contribution in [3.63, 3.8) is 0 Å². The second-order valence-electron chi connectivity index (χ2n) is 10.1. The molecule has 1 aromatic carbocycles. The molecule has 31 heavy (non-hydrogen) atoms. The van der Waals surface area contributed by atoms with Crippen LogP contribution < -0.4 is 4.74 Å². The molecule has 0 bridgehead atoms. The Hall–Kier alpha value is -1.51. The number of aryl methyl sites for hydroxylation is 1. The van der Waals surface area contributed by atoms with Crippen LogP contribution in [0.2, 0.25) is 0 Å². The highest BCUT2D eigenvalue weighted by atomic mass is 16.7. The van der Waals surface area contributed by atoms with E-state index in [0.717, 1.165) is 50.4 Å². The number of rotatable bonds is 10. The van der Waals surface area contributed by atoms with E-state index in [1.54, 1.807) is 0 Å². The third-order valence-electron chi connectivity index (χ3n) is 7.74. The summed E-state index contributed by atoms with van der Waals surface area (Å²) in [6, 6.07) is 7.95. The lowest BCUT2D eigenvalue weighted by molar-refractivity contribution is -0.0582. The summed E-state index contributed by atoms with van der Waals surface area (Å²) in [5.74, 6) is 2.32. The quantitative estimate of drug-likeness (QED) is 0.212. The Morgan fingerprint density at radius 2 is 1.52 bits per heavy atom. The Morgan fingerprint density at radius 3 is 2.16 bits per heavy atom. The lowest BCUT2D eigenvalue weighted by Crippen LogP contribution is -2.41. The standard InChI is InChI=1S/C28H44O3/c1-3-5-8-11-23-14-16-26(17-15-23)30-27(29)31-28(20-6-4-2)21-18-25(19-22-28)24-12-9-7-10-13-24/h14-17,24-25H,3-13,18-22H2,1-2H3. The van der Waals surface area contributed by atoms with Gasteiger partial charge in [0.25, 0.3) is 0 Å². The second-order valence-corrected chi connectivity index (χ2v) is 10.1. The van der Waals surface area contributed by atoms with Gasteiger partial charge in [-0.3, -0.25) is 0 Å². The van der Waals surface area contributed by atoms with E-state index in [-0.39, 0.29) is 5.60 Å². The van der Waals surface area contributed by atoms with E-state index in [1.807, 2.05) is 12.1 Å². The van der Waals surface area contributed by atoms with Gasteiger partial charge in [0.1, 0.15) is 11.4 Å². The summed E-state index contributed by atoms with van der Waals surface area (Å²) in [7, 11) is 0. The van der Waals surface area contributed by atoms with Crippen LogP contribution in [0.5, 0.6) is 5.75 Å². The monoisotopic (exact) mass is 428 g/mol. The van der Waals surface area contributed by atoms with Crippen molar-refractivity contribution in [1.82, 2.24) is 0 Å². The molecule has 0 atom stereocenters. The summed E-state index contributed by atoms with van der Waals surface area (Å²) in [6.45, 7) is 4.43. The Kier molecular flexibility index (Phi) is 9.74. The average molecular weight is 429 g/mol. The maximum absolute atomic E-state index is 12.7. The van der Waals surface area contributed by atoms with Gasteiger partial charge in [0.15, 0.2) is 0 Å². The molecule has 174 valence electrons. The van der Waals surface area contributed by atoms with Gasteiger partial charge in [0.05, 0.1) is 0 Å². The summed E-state index contributed by atoms with van der Waals surface area (Å²) in [5, 5.41) is 0. The predicted octanol–water partition coefficient (Wildman–Crippen LogP) is 8.63. The van der Waals surface area contributed by atoms with Gasteiger partial charge in [-0.1, -0.05) is 77.3 Å². The molecule has 0 amide bonds. The molecule has 3 heteroatoms. The molecule has 0 unspecified atom stereocenters. The zero-order chi connectivity index (χ0) is 21.9. The Balaban J connectivity index is 1.52. The molecular weight excluding hydrogens is 384 g/mol. The maximum atomic E-state index is 12.7. The molecule has 0 heterocycles. The van der Waals surface area contributed by atoms with Gasteiger partial charge in [-0.25, -0.2) is 4.79 Å². The molecular formula is C28H44O3. The van der Waals surface area contributed by atoms with Crippen molar-refractivity contribution in [3.05, 3.63) is 29.8 Å². The molecule has 0 aromatic heterocycles. The van der Waals surface area contributed by atoms with Crippen LogP contribution in [0.3, 0.4) is 0 Å². The Labute approximate surface area is 190 Å². The van der Waals surface area contributed by atoms with E-state index in [0.29, 0.717) is 5.75 Å². The largest absolute Gasteiger partial charge is 0.514 e. The minimum atomic E-state index is -0.522. The molecule has 0 N–H and O–H groups in total. The zero-order valence-corrected chi connectivity index (χ0v) is 20.0.